The van der Waals surface area contributed by atoms with E-state index in [0.717, 1.165) is 5.69 Å². The molecule has 0 bridgehead atoms. The molecule has 0 aliphatic heterocycles. The van der Waals surface area contributed by atoms with Crippen molar-refractivity contribution in [2.45, 2.75) is 6.54 Å². The monoisotopic (exact) mass is 281 g/mol. The fourth-order valence-corrected chi connectivity index (χ4v) is 1.92. The van der Waals surface area contributed by atoms with Crippen molar-refractivity contribution in [3.8, 4) is 11.8 Å². The zero-order valence-corrected chi connectivity index (χ0v) is 11.6. The molecule has 1 aromatic heterocycles. The zero-order chi connectivity index (χ0) is 15.2. The summed E-state index contributed by atoms with van der Waals surface area (Å²) >= 11 is 0. The van der Waals surface area contributed by atoms with E-state index in [1.807, 2.05) is 18.2 Å². The molecule has 106 valence electrons. The van der Waals surface area contributed by atoms with Crippen molar-refractivity contribution >= 4 is 12.0 Å². The summed E-state index contributed by atoms with van der Waals surface area (Å²) in [5.74, 6) is -0.274. The first-order chi connectivity index (χ1) is 10.1. The highest BCUT2D eigenvalue weighted by Gasteiger charge is 2.15. The number of amides is 1. The molecular formula is C16H15N3O2. The number of nitriles is 1. The van der Waals surface area contributed by atoms with Crippen LogP contribution >= 0.6 is 0 Å². The maximum absolute atomic E-state index is 12.2. The quantitative estimate of drug-likeness (QED) is 0.666. The number of benzene rings is 1. The third-order valence-electron chi connectivity index (χ3n) is 2.95. The second-order valence-corrected chi connectivity index (χ2v) is 4.62. The number of rotatable bonds is 4. The van der Waals surface area contributed by atoms with Crippen molar-refractivity contribution in [1.82, 2.24) is 9.88 Å². The van der Waals surface area contributed by atoms with Gasteiger partial charge in [-0.25, -0.2) is 0 Å². The summed E-state index contributed by atoms with van der Waals surface area (Å²) in [6, 6.07) is 12.0. The van der Waals surface area contributed by atoms with Gasteiger partial charge in [0.25, 0.3) is 5.91 Å². The summed E-state index contributed by atoms with van der Waals surface area (Å²) in [5.41, 5.74) is 1.52. The second-order valence-electron chi connectivity index (χ2n) is 4.62. The molecule has 2 aromatic rings. The molecular weight excluding hydrogens is 266 g/mol. The number of carbonyl (C=O) groups is 1. The Kier molecular flexibility index (Phi) is 4.42. The second kappa shape index (κ2) is 6.44. The van der Waals surface area contributed by atoms with E-state index in [1.165, 1.54) is 23.1 Å². The highest BCUT2D eigenvalue weighted by molar-refractivity contribution is 6.01. The van der Waals surface area contributed by atoms with Crippen LogP contribution in [0.1, 0.15) is 11.3 Å². The normalized spacial score (nSPS) is 11.0. The number of phenols is 1. The minimum Gasteiger partial charge on any atom is -0.508 e. The molecule has 0 aliphatic carbocycles. The lowest BCUT2D eigenvalue weighted by Crippen LogP contribution is -2.27. The van der Waals surface area contributed by atoms with E-state index in [-0.39, 0.29) is 17.2 Å². The van der Waals surface area contributed by atoms with Crippen LogP contribution in [0.15, 0.2) is 48.2 Å². The van der Waals surface area contributed by atoms with Crippen LogP contribution < -0.4 is 0 Å². The van der Waals surface area contributed by atoms with Crippen molar-refractivity contribution in [2.24, 2.45) is 0 Å². The molecule has 21 heavy (non-hydrogen) atoms. The number of carbonyl (C=O) groups excluding carboxylic acids is 1. The van der Waals surface area contributed by atoms with Crippen LogP contribution in [0.2, 0.25) is 0 Å². The Morgan fingerprint density at radius 2 is 2.24 bits per heavy atom. The van der Waals surface area contributed by atoms with Gasteiger partial charge in [-0.1, -0.05) is 12.1 Å². The number of aromatic hydroxyl groups is 1. The average Bonchev–Trinajstić information content (AvgIpc) is 2.97. The van der Waals surface area contributed by atoms with Crippen molar-refractivity contribution in [3.05, 3.63) is 59.4 Å². The molecule has 5 heteroatoms. The van der Waals surface area contributed by atoms with Gasteiger partial charge in [-0.05, 0) is 35.9 Å². The maximum Gasteiger partial charge on any atom is 0.264 e. The van der Waals surface area contributed by atoms with E-state index < -0.39 is 0 Å². The molecule has 2 rings (SSSR count). The fraction of sp³-hybridized carbons (Fsp3) is 0.125. The number of nitrogens with zero attached hydrogens (tertiary/aromatic N) is 2. The molecule has 0 radical (unpaired) electrons. The SMILES string of the molecule is CN(Cc1ccc[nH]1)C(=O)/C(C#N)=C/c1cccc(O)c1. The molecule has 1 amide bonds. The van der Waals surface area contributed by atoms with Gasteiger partial charge in [-0.2, -0.15) is 5.26 Å². The third kappa shape index (κ3) is 3.74. The first-order valence-corrected chi connectivity index (χ1v) is 6.38. The number of hydrogen-bond donors (Lipinski definition) is 2. The molecule has 0 aliphatic rings. The van der Waals surface area contributed by atoms with Gasteiger partial charge < -0.3 is 15.0 Å². The van der Waals surface area contributed by atoms with E-state index >= 15 is 0 Å². The predicted octanol–water partition coefficient (Wildman–Crippen LogP) is 2.29. The van der Waals surface area contributed by atoms with Gasteiger partial charge in [0, 0.05) is 18.9 Å². The molecule has 0 saturated carbocycles. The van der Waals surface area contributed by atoms with Gasteiger partial charge in [0.05, 0.1) is 6.54 Å². The topological polar surface area (TPSA) is 80.1 Å². The number of aromatic nitrogens is 1. The van der Waals surface area contributed by atoms with Gasteiger partial charge in [0.2, 0.25) is 0 Å². The third-order valence-corrected chi connectivity index (χ3v) is 2.95. The van der Waals surface area contributed by atoms with E-state index in [1.54, 1.807) is 25.4 Å². The van der Waals surface area contributed by atoms with Crippen LogP contribution in [0, 0.1) is 11.3 Å². The average molecular weight is 281 g/mol. The summed E-state index contributed by atoms with van der Waals surface area (Å²) in [5, 5.41) is 18.6. The Balaban J connectivity index is 2.17. The molecule has 1 heterocycles. The maximum atomic E-state index is 12.2. The lowest BCUT2D eigenvalue weighted by atomic mass is 10.1. The Morgan fingerprint density at radius 3 is 2.86 bits per heavy atom. The highest BCUT2D eigenvalue weighted by atomic mass is 16.3. The van der Waals surface area contributed by atoms with Gasteiger partial charge in [0.1, 0.15) is 17.4 Å². The lowest BCUT2D eigenvalue weighted by Gasteiger charge is -2.15. The molecule has 2 N–H and O–H groups in total. The van der Waals surface area contributed by atoms with Crippen molar-refractivity contribution in [2.75, 3.05) is 7.05 Å². The van der Waals surface area contributed by atoms with Gasteiger partial charge in [-0.15, -0.1) is 0 Å². The van der Waals surface area contributed by atoms with Crippen LogP contribution in [-0.2, 0) is 11.3 Å². The van der Waals surface area contributed by atoms with E-state index in [9.17, 15) is 9.90 Å². The van der Waals surface area contributed by atoms with Crippen molar-refractivity contribution in [1.29, 1.82) is 5.26 Å². The first kappa shape index (κ1) is 14.4. The zero-order valence-electron chi connectivity index (χ0n) is 11.6. The van der Waals surface area contributed by atoms with Crippen LogP contribution in [0.4, 0.5) is 0 Å². The number of phenolic OH excluding ortho intramolecular Hbond substituents is 1. The summed E-state index contributed by atoms with van der Waals surface area (Å²) in [7, 11) is 1.64. The molecule has 0 unspecified atom stereocenters. The summed E-state index contributed by atoms with van der Waals surface area (Å²) < 4.78 is 0. The van der Waals surface area contributed by atoms with Crippen LogP contribution in [0.25, 0.3) is 6.08 Å². The van der Waals surface area contributed by atoms with Crippen LogP contribution in [0.3, 0.4) is 0 Å². The summed E-state index contributed by atoms with van der Waals surface area (Å²) in [6.07, 6.45) is 3.24. The lowest BCUT2D eigenvalue weighted by molar-refractivity contribution is -0.125. The summed E-state index contributed by atoms with van der Waals surface area (Å²) in [4.78, 5) is 16.7. The standard InChI is InChI=1S/C16H15N3O2/c1-19(11-14-5-3-7-18-14)16(21)13(10-17)8-12-4-2-6-15(20)9-12/h2-9,18,20H,11H2,1H3/b13-8+. The number of nitrogens with one attached hydrogen (secondary N) is 1. The minimum atomic E-state index is -0.365. The molecule has 0 spiro atoms. The highest BCUT2D eigenvalue weighted by Crippen LogP contribution is 2.15. The molecule has 0 saturated heterocycles. The number of H-pyrrole nitrogens is 1. The van der Waals surface area contributed by atoms with E-state index in [0.29, 0.717) is 12.1 Å². The van der Waals surface area contributed by atoms with E-state index in [4.69, 9.17) is 5.26 Å². The van der Waals surface area contributed by atoms with E-state index in [2.05, 4.69) is 4.98 Å². The fourth-order valence-electron chi connectivity index (χ4n) is 1.92. The van der Waals surface area contributed by atoms with Crippen molar-refractivity contribution < 1.29 is 9.90 Å². The molecule has 0 fully saturated rings. The predicted molar refractivity (Wildman–Crippen MR) is 79.0 cm³/mol. The first-order valence-electron chi connectivity index (χ1n) is 6.38. The number of aromatic amines is 1. The molecule has 5 nitrogen and oxygen atoms in total. The van der Waals surface area contributed by atoms with Gasteiger partial charge >= 0.3 is 0 Å². The minimum absolute atomic E-state index is 0.0228. The molecule has 1 aromatic carbocycles. The Hall–Kier alpha value is -3.00. The van der Waals surface area contributed by atoms with Gasteiger partial charge in [-0.3, -0.25) is 4.79 Å². The van der Waals surface area contributed by atoms with Crippen LogP contribution in [-0.4, -0.2) is 27.9 Å². The summed E-state index contributed by atoms with van der Waals surface area (Å²) in [6.45, 7) is 0.394. The largest absolute Gasteiger partial charge is 0.508 e. The smallest absolute Gasteiger partial charge is 0.264 e. The van der Waals surface area contributed by atoms with Gasteiger partial charge in [0.15, 0.2) is 0 Å². The number of likely N-dealkylation sites (N-methyl/N-ethyl adjacent to an activating group) is 1. The Bertz CT molecular complexity index is 697. The molecule has 0 atom stereocenters. The Morgan fingerprint density at radius 1 is 1.43 bits per heavy atom. The van der Waals surface area contributed by atoms with Crippen molar-refractivity contribution in [3.63, 3.8) is 0 Å². The van der Waals surface area contributed by atoms with Crippen LogP contribution in [0.5, 0.6) is 5.75 Å². The Labute approximate surface area is 122 Å². The number of hydrogen-bond acceptors (Lipinski definition) is 3.